The van der Waals surface area contributed by atoms with Gasteiger partial charge in [-0.15, -0.1) is 5.10 Å². The molecule has 0 aliphatic heterocycles. The van der Waals surface area contributed by atoms with E-state index in [1.807, 2.05) is 18.2 Å². The number of methoxy groups -OCH3 is 1. The fraction of sp³-hybridized carbons (Fsp3) is 0.333. The predicted octanol–water partition coefficient (Wildman–Crippen LogP) is 0.789. The minimum absolute atomic E-state index is 0.0733. The summed E-state index contributed by atoms with van der Waals surface area (Å²) in [5, 5.41) is 18.8. The van der Waals surface area contributed by atoms with Gasteiger partial charge in [0.05, 0.1) is 19.3 Å². The topological polar surface area (TPSA) is 106 Å². The normalized spacial score (nSPS) is 16.0. The van der Waals surface area contributed by atoms with Gasteiger partial charge in [-0.05, 0) is 30.0 Å². The summed E-state index contributed by atoms with van der Waals surface area (Å²) in [5.41, 5.74) is 1.99. The Hall–Kier alpha value is -2.90. The van der Waals surface area contributed by atoms with Gasteiger partial charge in [0, 0.05) is 0 Å². The first-order valence-corrected chi connectivity index (χ1v) is 7.17. The van der Waals surface area contributed by atoms with Gasteiger partial charge in [0.1, 0.15) is 12.3 Å². The molecule has 0 spiro atoms. The first kappa shape index (κ1) is 15.0. The molecule has 0 saturated heterocycles. The Bertz CT molecular complexity index is 756. The van der Waals surface area contributed by atoms with Gasteiger partial charge in [0.25, 0.3) is 0 Å². The Morgan fingerprint density at radius 2 is 2.30 bits per heavy atom. The molecule has 1 aromatic carbocycles. The summed E-state index contributed by atoms with van der Waals surface area (Å²) < 4.78 is 6.55. The molecule has 0 bridgehead atoms. The van der Waals surface area contributed by atoms with Crippen LogP contribution in [0.15, 0.2) is 24.4 Å². The zero-order valence-corrected chi connectivity index (χ0v) is 12.5. The van der Waals surface area contributed by atoms with Crippen molar-refractivity contribution in [1.29, 1.82) is 0 Å². The molecule has 1 amide bonds. The van der Waals surface area contributed by atoms with Crippen LogP contribution in [-0.4, -0.2) is 39.1 Å². The molecule has 1 aliphatic carbocycles. The molecule has 1 heterocycles. The summed E-state index contributed by atoms with van der Waals surface area (Å²) >= 11 is 0. The number of nitrogens with one attached hydrogen (secondary N) is 1. The molecule has 8 heteroatoms. The number of benzene rings is 1. The highest BCUT2D eigenvalue weighted by Crippen LogP contribution is 2.36. The van der Waals surface area contributed by atoms with Crippen LogP contribution in [0.5, 0.6) is 5.75 Å². The SMILES string of the molecule is COc1cccc2c1CCC2NC(=O)Cn1cc(C(=O)O)nn1. The molecule has 23 heavy (non-hydrogen) atoms. The lowest BCUT2D eigenvalue weighted by Gasteiger charge is -2.14. The average molecular weight is 316 g/mol. The number of fused-ring (bicyclic) bond motifs is 1. The molecule has 1 aromatic heterocycles. The second-order valence-corrected chi connectivity index (χ2v) is 5.29. The van der Waals surface area contributed by atoms with E-state index in [0.29, 0.717) is 0 Å². The molecule has 0 radical (unpaired) electrons. The number of aromatic carboxylic acids is 1. The number of carboxylic acid groups (broad SMARTS) is 1. The Morgan fingerprint density at radius 1 is 1.48 bits per heavy atom. The van der Waals surface area contributed by atoms with Crippen LogP contribution in [0.3, 0.4) is 0 Å². The van der Waals surface area contributed by atoms with Gasteiger partial charge in [-0.2, -0.15) is 0 Å². The highest BCUT2D eigenvalue weighted by Gasteiger charge is 2.26. The van der Waals surface area contributed by atoms with Crippen molar-refractivity contribution in [2.75, 3.05) is 7.11 Å². The Balaban J connectivity index is 1.67. The number of aromatic nitrogens is 3. The minimum atomic E-state index is -1.17. The highest BCUT2D eigenvalue weighted by molar-refractivity contribution is 5.84. The molecular formula is C15H16N4O4. The predicted molar refractivity (Wildman–Crippen MR) is 79.2 cm³/mol. The summed E-state index contributed by atoms with van der Waals surface area (Å²) in [7, 11) is 1.63. The van der Waals surface area contributed by atoms with Crippen LogP contribution >= 0.6 is 0 Å². The maximum atomic E-state index is 12.1. The molecule has 1 atom stereocenters. The smallest absolute Gasteiger partial charge is 0.358 e. The third-order valence-electron chi connectivity index (χ3n) is 3.85. The van der Waals surface area contributed by atoms with Crippen LogP contribution in [-0.2, 0) is 17.8 Å². The van der Waals surface area contributed by atoms with Gasteiger partial charge < -0.3 is 15.2 Å². The zero-order valence-electron chi connectivity index (χ0n) is 12.5. The van der Waals surface area contributed by atoms with E-state index >= 15 is 0 Å². The van der Waals surface area contributed by atoms with E-state index in [1.54, 1.807) is 7.11 Å². The number of rotatable bonds is 5. The van der Waals surface area contributed by atoms with Crippen LogP contribution in [0.1, 0.15) is 34.1 Å². The lowest BCUT2D eigenvalue weighted by Crippen LogP contribution is -2.30. The van der Waals surface area contributed by atoms with E-state index in [1.165, 1.54) is 10.9 Å². The number of hydrogen-bond donors (Lipinski definition) is 2. The number of amides is 1. The van der Waals surface area contributed by atoms with Crippen molar-refractivity contribution >= 4 is 11.9 Å². The molecule has 8 nitrogen and oxygen atoms in total. The maximum Gasteiger partial charge on any atom is 0.358 e. The number of carboxylic acids is 1. The number of ether oxygens (including phenoxy) is 1. The van der Waals surface area contributed by atoms with E-state index in [2.05, 4.69) is 15.6 Å². The van der Waals surface area contributed by atoms with Crippen LogP contribution in [0.25, 0.3) is 0 Å². The lowest BCUT2D eigenvalue weighted by atomic mass is 10.1. The van der Waals surface area contributed by atoms with Crippen LogP contribution in [0.4, 0.5) is 0 Å². The number of carbonyl (C=O) groups excluding carboxylic acids is 1. The molecule has 120 valence electrons. The first-order valence-electron chi connectivity index (χ1n) is 7.17. The monoisotopic (exact) mass is 316 g/mol. The van der Waals surface area contributed by atoms with Gasteiger partial charge in [0.2, 0.25) is 5.91 Å². The quantitative estimate of drug-likeness (QED) is 0.844. The van der Waals surface area contributed by atoms with Gasteiger partial charge in [-0.3, -0.25) is 4.79 Å². The third kappa shape index (κ3) is 3.01. The van der Waals surface area contributed by atoms with Crippen LogP contribution in [0.2, 0.25) is 0 Å². The van der Waals surface area contributed by atoms with Crippen molar-refractivity contribution in [3.05, 3.63) is 41.2 Å². The molecule has 3 rings (SSSR count). The summed E-state index contributed by atoms with van der Waals surface area (Å²) in [4.78, 5) is 22.9. The van der Waals surface area contributed by atoms with E-state index in [9.17, 15) is 9.59 Å². The van der Waals surface area contributed by atoms with Crippen molar-refractivity contribution < 1.29 is 19.4 Å². The van der Waals surface area contributed by atoms with E-state index in [-0.39, 0.29) is 24.2 Å². The number of nitrogens with zero attached hydrogens (tertiary/aromatic N) is 3. The highest BCUT2D eigenvalue weighted by atomic mass is 16.5. The average Bonchev–Trinajstić information content (AvgIpc) is 3.14. The summed E-state index contributed by atoms with van der Waals surface area (Å²) in [6, 6.07) is 5.72. The van der Waals surface area contributed by atoms with E-state index < -0.39 is 5.97 Å². The molecule has 1 unspecified atom stereocenters. The first-order chi connectivity index (χ1) is 11.1. The Labute approximate surface area is 132 Å². The minimum Gasteiger partial charge on any atom is -0.496 e. The van der Waals surface area contributed by atoms with Crippen molar-refractivity contribution in [1.82, 2.24) is 20.3 Å². The van der Waals surface area contributed by atoms with Gasteiger partial charge in [-0.1, -0.05) is 17.3 Å². The second-order valence-electron chi connectivity index (χ2n) is 5.29. The molecule has 0 fully saturated rings. The Morgan fingerprint density at radius 3 is 3.00 bits per heavy atom. The van der Waals surface area contributed by atoms with Crippen molar-refractivity contribution in [2.24, 2.45) is 0 Å². The standard InChI is InChI=1S/C15H16N4O4/c1-23-13-4-2-3-9-10(13)5-6-11(9)16-14(20)8-19-7-12(15(21)22)17-18-19/h2-4,7,11H,5-6,8H2,1H3,(H,16,20)(H,21,22). The van der Waals surface area contributed by atoms with E-state index in [0.717, 1.165) is 29.7 Å². The van der Waals surface area contributed by atoms with Gasteiger partial charge in [0.15, 0.2) is 5.69 Å². The van der Waals surface area contributed by atoms with Crippen molar-refractivity contribution in [3.63, 3.8) is 0 Å². The number of carbonyl (C=O) groups is 2. The number of hydrogen-bond acceptors (Lipinski definition) is 5. The second kappa shape index (κ2) is 6.07. The molecule has 1 aliphatic rings. The molecule has 0 saturated carbocycles. The van der Waals surface area contributed by atoms with Crippen molar-refractivity contribution in [3.8, 4) is 5.75 Å². The molecular weight excluding hydrogens is 300 g/mol. The fourth-order valence-electron chi connectivity index (χ4n) is 2.82. The third-order valence-corrected chi connectivity index (χ3v) is 3.85. The van der Waals surface area contributed by atoms with Crippen LogP contribution < -0.4 is 10.1 Å². The summed E-state index contributed by atoms with van der Waals surface area (Å²) in [5.74, 6) is -0.581. The largest absolute Gasteiger partial charge is 0.496 e. The zero-order chi connectivity index (χ0) is 16.4. The summed E-state index contributed by atoms with van der Waals surface area (Å²) in [6.45, 7) is -0.0733. The Kier molecular flexibility index (Phi) is 3.96. The summed E-state index contributed by atoms with van der Waals surface area (Å²) in [6.07, 6.45) is 2.88. The maximum absolute atomic E-state index is 12.1. The van der Waals surface area contributed by atoms with Crippen LogP contribution in [0, 0.1) is 0 Å². The van der Waals surface area contributed by atoms with E-state index in [4.69, 9.17) is 9.84 Å². The van der Waals surface area contributed by atoms with Gasteiger partial charge in [-0.25, -0.2) is 9.48 Å². The van der Waals surface area contributed by atoms with Gasteiger partial charge >= 0.3 is 5.97 Å². The molecule has 2 N–H and O–H groups in total. The van der Waals surface area contributed by atoms with Crippen molar-refractivity contribution in [2.45, 2.75) is 25.4 Å². The lowest BCUT2D eigenvalue weighted by molar-refractivity contribution is -0.122. The fourth-order valence-corrected chi connectivity index (χ4v) is 2.82. The molecule has 2 aromatic rings.